The third-order valence-corrected chi connectivity index (χ3v) is 16.2. The molecule has 0 radical (unpaired) electrons. The number of ether oxygens (including phenoxy) is 1. The Balaban J connectivity index is 0.949. The van der Waals surface area contributed by atoms with Gasteiger partial charge in [-0.2, -0.15) is 8.78 Å². The van der Waals surface area contributed by atoms with E-state index < -0.39 is 72.1 Å². The monoisotopic (exact) mass is 1160 g/mol. The number of likely N-dealkylation sites (tertiary alicyclic amines) is 1. The maximum atomic E-state index is 15.1. The van der Waals surface area contributed by atoms with Crippen LogP contribution in [0.25, 0.3) is 10.1 Å². The van der Waals surface area contributed by atoms with E-state index >= 15 is 9.59 Å². The molecular weight excluding hydrogens is 1100 g/mol. The number of thiophene rings is 1. The van der Waals surface area contributed by atoms with Crippen LogP contribution in [0.15, 0.2) is 102 Å². The number of amides is 7. The molecule has 404 valence electrons. The average Bonchev–Trinajstić information content (AvgIpc) is 4.12. The number of nitrogens with zero attached hydrogens (tertiary/aromatic N) is 3. The van der Waals surface area contributed by atoms with Gasteiger partial charge in [0.05, 0.1) is 17.6 Å². The molecule has 4 heterocycles. The van der Waals surface area contributed by atoms with Gasteiger partial charge in [-0.15, -0.1) is 11.3 Å². The lowest BCUT2D eigenvalue weighted by atomic mass is 9.85. The van der Waals surface area contributed by atoms with Crippen molar-refractivity contribution in [3.8, 4) is 11.8 Å². The second-order valence-corrected chi connectivity index (χ2v) is 23.7. The van der Waals surface area contributed by atoms with E-state index in [4.69, 9.17) is 4.74 Å². The van der Waals surface area contributed by atoms with Crippen molar-refractivity contribution >= 4 is 92.0 Å². The number of carbonyl (C=O) groups excluding carboxylic acids is 7. The number of benzene rings is 4. The van der Waals surface area contributed by atoms with Gasteiger partial charge in [0.25, 0.3) is 11.8 Å². The van der Waals surface area contributed by atoms with E-state index in [-0.39, 0.29) is 86.5 Å². The first kappa shape index (κ1) is 56.5. The van der Waals surface area contributed by atoms with Crippen molar-refractivity contribution in [2.75, 3.05) is 24.5 Å². The number of unbranched alkanes of at least 4 members (excludes halogenated alkanes) is 1. The Morgan fingerprint density at radius 2 is 1.73 bits per heavy atom. The molecule has 0 bridgehead atoms. The highest BCUT2D eigenvalue weighted by Gasteiger charge is 2.51. The predicted molar refractivity (Wildman–Crippen MR) is 286 cm³/mol. The molecule has 0 aliphatic carbocycles. The van der Waals surface area contributed by atoms with E-state index in [1.54, 1.807) is 63.2 Å². The highest BCUT2D eigenvalue weighted by Crippen LogP contribution is 2.59. The number of alkyl halides is 2. The lowest BCUT2D eigenvalue weighted by Gasteiger charge is -2.36. The van der Waals surface area contributed by atoms with E-state index in [9.17, 15) is 47.1 Å². The number of carbonyl (C=O) groups is 7. The summed E-state index contributed by atoms with van der Waals surface area (Å²) in [6.45, 7) is 5.78. The first-order valence-electron chi connectivity index (χ1n) is 24.8. The Kier molecular flexibility index (Phi) is 17.3. The quantitative estimate of drug-likeness (QED) is 0.0267. The molecule has 5 aromatic rings. The molecule has 8 rings (SSSR count). The summed E-state index contributed by atoms with van der Waals surface area (Å²) >= 11 is 4.39. The Morgan fingerprint density at radius 3 is 2.43 bits per heavy atom. The molecule has 3 aliphatic rings. The van der Waals surface area contributed by atoms with E-state index in [0.717, 1.165) is 33.5 Å². The van der Waals surface area contributed by atoms with Crippen LogP contribution >= 0.6 is 34.9 Å². The molecule has 2 fully saturated rings. The third-order valence-electron chi connectivity index (χ3n) is 13.6. The number of anilines is 1. The minimum atomic E-state index is -5.87. The molecule has 1 aromatic heterocycles. The van der Waals surface area contributed by atoms with Gasteiger partial charge in [-0.1, -0.05) is 91.0 Å². The van der Waals surface area contributed by atoms with Gasteiger partial charge in [0.15, 0.2) is 0 Å². The maximum absolute atomic E-state index is 15.1. The summed E-state index contributed by atoms with van der Waals surface area (Å²) in [5, 5.41) is 8.17. The van der Waals surface area contributed by atoms with Gasteiger partial charge in [0.1, 0.15) is 18.1 Å². The van der Waals surface area contributed by atoms with Crippen molar-refractivity contribution in [1.29, 1.82) is 0 Å². The molecule has 17 nitrogen and oxygen atoms in total. The summed E-state index contributed by atoms with van der Waals surface area (Å²) in [5.41, 5.74) is -3.20. The van der Waals surface area contributed by atoms with Crippen LogP contribution in [0.5, 0.6) is 0 Å². The van der Waals surface area contributed by atoms with Crippen molar-refractivity contribution < 1.29 is 61.4 Å². The van der Waals surface area contributed by atoms with Crippen LogP contribution in [0.4, 0.5) is 14.5 Å². The van der Waals surface area contributed by atoms with Crippen LogP contribution in [-0.4, -0.2) is 105 Å². The van der Waals surface area contributed by atoms with E-state index in [1.165, 1.54) is 26.8 Å². The summed E-state index contributed by atoms with van der Waals surface area (Å²) < 4.78 is 48.3. The van der Waals surface area contributed by atoms with Gasteiger partial charge >= 0.3 is 13.3 Å². The Hall–Kier alpha value is -6.66. The molecule has 7 amide bonds. The van der Waals surface area contributed by atoms with Crippen molar-refractivity contribution in [2.24, 2.45) is 5.41 Å². The maximum Gasteiger partial charge on any atom is 0.399 e. The van der Waals surface area contributed by atoms with Gasteiger partial charge in [-0.3, -0.25) is 43.4 Å². The average molecular weight is 1160 g/mol. The number of hydrogen-bond donors (Lipinski definition) is 5. The molecule has 3 aliphatic heterocycles. The molecule has 1 unspecified atom stereocenters. The normalized spacial score (nSPS) is 18.1. The molecule has 4 atom stereocenters. The van der Waals surface area contributed by atoms with Crippen LogP contribution in [0.1, 0.15) is 102 Å². The zero-order valence-corrected chi connectivity index (χ0v) is 45.5. The van der Waals surface area contributed by atoms with Crippen molar-refractivity contribution in [1.82, 2.24) is 25.8 Å². The van der Waals surface area contributed by atoms with Crippen molar-refractivity contribution in [3.05, 3.63) is 134 Å². The van der Waals surface area contributed by atoms with E-state index in [0.29, 0.717) is 39.9 Å². The minimum absolute atomic E-state index is 0.0206. The number of halogens is 3. The first-order chi connectivity index (χ1) is 36.5. The minimum Gasteiger partial charge on any atom is -0.372 e. The van der Waals surface area contributed by atoms with Crippen molar-refractivity contribution in [3.63, 3.8) is 0 Å². The largest absolute Gasteiger partial charge is 0.399 e. The number of imide groups is 1. The highest BCUT2D eigenvalue weighted by molar-refractivity contribution is 9.10. The summed E-state index contributed by atoms with van der Waals surface area (Å²) in [6, 6.07) is 22.8. The van der Waals surface area contributed by atoms with E-state index in [2.05, 4.69) is 43.7 Å². The number of hydrogen-bond acceptors (Lipinski definition) is 10. The smallest absolute Gasteiger partial charge is 0.372 e. The van der Waals surface area contributed by atoms with Gasteiger partial charge in [-0.05, 0) is 89.4 Å². The molecule has 4 aromatic carbocycles. The predicted octanol–water partition coefficient (Wildman–Crippen LogP) is 7.35. The van der Waals surface area contributed by atoms with Crippen LogP contribution in [0.3, 0.4) is 0 Å². The van der Waals surface area contributed by atoms with Gasteiger partial charge in [-0.25, -0.2) is 0 Å². The zero-order valence-electron chi connectivity index (χ0n) is 42.2. The fourth-order valence-corrected chi connectivity index (χ4v) is 11.1. The number of rotatable bonds is 17. The Bertz CT molecular complexity index is 3230. The molecular formula is C55H56BrF2N6O11PS. The number of nitrogens with one attached hydrogen (secondary N) is 3. The van der Waals surface area contributed by atoms with Crippen molar-refractivity contribution in [2.45, 2.75) is 102 Å². The second kappa shape index (κ2) is 23.5. The van der Waals surface area contributed by atoms with E-state index in [1.807, 2.05) is 30.3 Å². The van der Waals surface area contributed by atoms with Crippen LogP contribution in [0.2, 0.25) is 0 Å². The standard InChI is InChI=1S/C55H56BrF2N6O11PS/c1-54(2,3)48(61-50(68)45-28-35-27-36(16-22-44(35)77-45)55(57,58)76(72,73)74)53(71)63-30-39(75-32-33-11-6-4-7-12-33)29-43(63)52(70)62(38-19-17-37(56)18-20-38)26-24-46(65)59-25-9-5-8-13-34-14-10-15-40-41(34)31-64(51(40)69)42-21-23-47(66)60-49(42)67/h4,6-7,10-12,14-20,22,27-28,39,42-43,48H,5,9,21,23-26,29-32H2,1-3H3,(H,59,65)(H,61,68)(H,60,66,67)(H2,72,73,74)/t39-,42?,43-,48+/m0/s1. The van der Waals surface area contributed by atoms with Crippen LogP contribution in [0, 0.1) is 17.3 Å². The molecule has 5 N–H and O–H groups in total. The fourth-order valence-electron chi connectivity index (χ4n) is 9.45. The topological polar surface area (TPSA) is 232 Å². The summed E-state index contributed by atoms with van der Waals surface area (Å²) in [7, 11) is -5.87. The van der Waals surface area contributed by atoms with Gasteiger partial charge in [0.2, 0.25) is 29.5 Å². The molecule has 77 heavy (non-hydrogen) atoms. The second-order valence-electron chi connectivity index (χ2n) is 20.1. The zero-order chi connectivity index (χ0) is 55.4. The number of fused-ring (bicyclic) bond motifs is 2. The summed E-state index contributed by atoms with van der Waals surface area (Å²) in [4.78, 5) is 118. The third kappa shape index (κ3) is 13.0. The van der Waals surface area contributed by atoms with Crippen LogP contribution < -0.4 is 20.9 Å². The lowest BCUT2D eigenvalue weighted by molar-refractivity contribution is -0.141. The Morgan fingerprint density at radius 1 is 0.987 bits per heavy atom. The lowest BCUT2D eigenvalue weighted by Crippen LogP contribution is -2.58. The molecule has 22 heteroatoms. The summed E-state index contributed by atoms with van der Waals surface area (Å²) in [5.74, 6) is 2.96. The highest BCUT2D eigenvalue weighted by atomic mass is 79.9. The van der Waals surface area contributed by atoms with Crippen LogP contribution in [-0.2, 0) is 52.1 Å². The van der Waals surface area contributed by atoms with Gasteiger partial charge in [0, 0.05) is 83.4 Å². The molecule has 0 spiro atoms. The Labute approximate surface area is 455 Å². The molecule has 2 saturated heterocycles. The SMILES string of the molecule is CC(C)(C)[C@H](NC(=O)c1cc2cc(C(F)(F)P(=O)(O)O)ccc2s1)C(=O)N1C[C@@H](OCc2ccccc2)C[C@H]1C(=O)N(CCC(=O)NCCCC#Cc1cccc2c1CN(C1CCC(=O)NC1=O)C2=O)c1ccc(Br)cc1. The molecule has 0 saturated carbocycles. The van der Waals surface area contributed by atoms with Gasteiger partial charge < -0.3 is 39.9 Å². The fraction of sp³-hybridized carbons (Fsp3) is 0.364. The number of piperidine rings is 1. The first-order valence-corrected chi connectivity index (χ1v) is 28.1. The summed E-state index contributed by atoms with van der Waals surface area (Å²) in [6.07, 6.45) is 0.639.